The zero-order valence-electron chi connectivity index (χ0n) is 19.9. The number of aryl methyl sites for hydroxylation is 4. The fourth-order valence-corrected chi connectivity index (χ4v) is 4.09. The van der Waals surface area contributed by atoms with Gasteiger partial charge in [0.05, 0.1) is 0 Å². The number of anilines is 2. The van der Waals surface area contributed by atoms with Crippen LogP contribution >= 0.6 is 12.2 Å². The molecule has 0 unspecified atom stereocenters. The average molecular weight is 472 g/mol. The molecule has 0 fully saturated rings. The van der Waals surface area contributed by atoms with Gasteiger partial charge in [0.25, 0.3) is 0 Å². The number of para-hydroxylation sites is 2. The van der Waals surface area contributed by atoms with Crippen molar-refractivity contribution in [2.24, 2.45) is 4.99 Å². The molecule has 0 saturated heterocycles. The quantitative estimate of drug-likeness (QED) is 0.182. The Balaban J connectivity index is 1.52. The molecule has 0 atom stereocenters. The molecule has 0 spiro atoms. The molecule has 4 rings (SSSR count). The van der Waals surface area contributed by atoms with E-state index in [1.165, 1.54) is 10.9 Å². The summed E-state index contributed by atoms with van der Waals surface area (Å²) in [5, 5.41) is 11.4. The van der Waals surface area contributed by atoms with Crippen LogP contribution in [-0.4, -0.2) is 32.6 Å². The summed E-state index contributed by atoms with van der Waals surface area (Å²) in [6.07, 6.45) is 2.82. The van der Waals surface area contributed by atoms with Crippen molar-refractivity contribution in [3.8, 4) is 0 Å². The number of hydrogen-bond donors (Lipinski definition) is 4. The summed E-state index contributed by atoms with van der Waals surface area (Å²) in [7, 11) is 0. The first-order chi connectivity index (χ1) is 16.4. The molecule has 174 valence electrons. The fourth-order valence-electron chi connectivity index (χ4n) is 3.89. The van der Waals surface area contributed by atoms with Gasteiger partial charge in [-0.2, -0.15) is 0 Å². The second-order valence-corrected chi connectivity index (χ2v) is 8.69. The predicted molar refractivity (Wildman–Crippen MR) is 145 cm³/mol. The number of H-pyrrole nitrogens is 1. The Morgan fingerprint density at radius 2 is 1.65 bits per heavy atom. The number of aliphatic imine (C=N–C) groups is 1. The van der Waals surface area contributed by atoms with Crippen molar-refractivity contribution in [1.29, 1.82) is 0 Å². The highest BCUT2D eigenvalue weighted by atomic mass is 32.1. The van der Waals surface area contributed by atoms with Crippen LogP contribution in [0, 0.1) is 27.7 Å². The van der Waals surface area contributed by atoms with Crippen LogP contribution in [0.3, 0.4) is 0 Å². The first kappa shape index (κ1) is 23.4. The van der Waals surface area contributed by atoms with Crippen molar-refractivity contribution in [2.45, 2.75) is 34.1 Å². The molecule has 2 aromatic carbocycles. The second-order valence-electron chi connectivity index (χ2n) is 8.29. The molecule has 4 aromatic rings. The first-order valence-corrected chi connectivity index (χ1v) is 11.6. The van der Waals surface area contributed by atoms with Crippen LogP contribution in [0.2, 0.25) is 0 Å². The molecule has 0 aliphatic heterocycles. The van der Waals surface area contributed by atoms with E-state index in [4.69, 9.17) is 17.2 Å². The number of nitrogens with zero attached hydrogens (tertiary/aromatic N) is 3. The van der Waals surface area contributed by atoms with Gasteiger partial charge in [-0.05, 0) is 75.2 Å². The van der Waals surface area contributed by atoms with E-state index in [9.17, 15) is 0 Å². The normalized spacial score (nSPS) is 11.5. The van der Waals surface area contributed by atoms with E-state index < -0.39 is 0 Å². The van der Waals surface area contributed by atoms with Gasteiger partial charge in [0, 0.05) is 40.7 Å². The van der Waals surface area contributed by atoms with Gasteiger partial charge in [0.1, 0.15) is 0 Å². The molecule has 4 N–H and O–H groups in total. The Hall–Kier alpha value is -3.78. The van der Waals surface area contributed by atoms with Crippen LogP contribution in [0.1, 0.15) is 28.1 Å². The SMILES string of the molecule is Cc1cc(C)nc(NC(=NCCc2c[nH]c3ccccc23)NC(=S)Nc2c(C)cccc2C)n1. The van der Waals surface area contributed by atoms with E-state index in [1.54, 1.807) is 0 Å². The summed E-state index contributed by atoms with van der Waals surface area (Å²) >= 11 is 5.60. The van der Waals surface area contributed by atoms with Crippen LogP contribution in [0.4, 0.5) is 11.6 Å². The number of benzene rings is 2. The standard InChI is InChI=1S/C26H29N7S/c1-16-8-7-9-17(2)23(16)31-26(34)33-24(32-25-29-18(3)14-19(4)30-25)27-13-12-20-15-28-22-11-6-5-10-21(20)22/h5-11,14-15,28H,12-13H2,1-4H3,(H3,27,29,30,31,32,33,34). The van der Waals surface area contributed by atoms with E-state index in [0.29, 0.717) is 23.6 Å². The van der Waals surface area contributed by atoms with Crippen molar-refractivity contribution >= 4 is 45.8 Å². The van der Waals surface area contributed by atoms with E-state index in [0.717, 1.165) is 40.1 Å². The molecule has 0 radical (unpaired) electrons. The highest BCUT2D eigenvalue weighted by Crippen LogP contribution is 2.20. The molecule has 2 heterocycles. The molecular weight excluding hydrogens is 442 g/mol. The third-order valence-electron chi connectivity index (χ3n) is 5.49. The minimum Gasteiger partial charge on any atom is -0.361 e. The first-order valence-electron chi connectivity index (χ1n) is 11.2. The monoisotopic (exact) mass is 471 g/mol. The smallest absolute Gasteiger partial charge is 0.229 e. The fraction of sp³-hybridized carbons (Fsp3) is 0.231. The molecule has 0 bridgehead atoms. The zero-order chi connectivity index (χ0) is 24.1. The van der Waals surface area contributed by atoms with Crippen LogP contribution in [0.15, 0.2) is 59.7 Å². The van der Waals surface area contributed by atoms with Crippen molar-refractivity contribution in [2.75, 3.05) is 17.2 Å². The molecular formula is C26H29N7S. The number of nitrogens with one attached hydrogen (secondary N) is 4. The van der Waals surface area contributed by atoms with Gasteiger partial charge in [0.15, 0.2) is 5.11 Å². The minimum absolute atomic E-state index is 0.445. The Morgan fingerprint density at radius 3 is 2.38 bits per heavy atom. The third-order valence-corrected chi connectivity index (χ3v) is 5.69. The van der Waals surface area contributed by atoms with Gasteiger partial charge >= 0.3 is 0 Å². The highest BCUT2D eigenvalue weighted by molar-refractivity contribution is 7.80. The lowest BCUT2D eigenvalue weighted by Gasteiger charge is -2.16. The topological polar surface area (TPSA) is 90.0 Å². The van der Waals surface area contributed by atoms with Crippen LogP contribution in [0.5, 0.6) is 0 Å². The Morgan fingerprint density at radius 1 is 0.941 bits per heavy atom. The molecule has 8 heteroatoms. The number of hydrogen-bond acceptors (Lipinski definition) is 4. The summed E-state index contributed by atoms with van der Waals surface area (Å²) in [6.45, 7) is 8.54. The lowest BCUT2D eigenvalue weighted by Crippen LogP contribution is -2.39. The molecule has 0 amide bonds. The lowest BCUT2D eigenvalue weighted by molar-refractivity contribution is 0.963. The van der Waals surface area contributed by atoms with Crippen LogP contribution in [-0.2, 0) is 6.42 Å². The molecule has 7 nitrogen and oxygen atoms in total. The summed E-state index contributed by atoms with van der Waals surface area (Å²) in [6, 6.07) is 16.3. The largest absolute Gasteiger partial charge is 0.361 e. The zero-order valence-corrected chi connectivity index (χ0v) is 20.7. The van der Waals surface area contributed by atoms with Crippen molar-refractivity contribution in [1.82, 2.24) is 20.3 Å². The van der Waals surface area contributed by atoms with Gasteiger partial charge in [-0.15, -0.1) is 0 Å². The Kier molecular flexibility index (Phi) is 7.18. The number of aromatic amines is 1. The number of guanidine groups is 1. The van der Waals surface area contributed by atoms with E-state index in [1.807, 2.05) is 44.3 Å². The van der Waals surface area contributed by atoms with Gasteiger partial charge < -0.3 is 15.6 Å². The maximum Gasteiger partial charge on any atom is 0.229 e. The second kappa shape index (κ2) is 10.4. The average Bonchev–Trinajstić information content (AvgIpc) is 3.19. The van der Waals surface area contributed by atoms with Gasteiger partial charge in [-0.3, -0.25) is 10.3 Å². The van der Waals surface area contributed by atoms with Crippen molar-refractivity contribution < 1.29 is 0 Å². The molecule has 0 aliphatic carbocycles. The van der Waals surface area contributed by atoms with E-state index in [-0.39, 0.29) is 0 Å². The minimum atomic E-state index is 0.445. The Bertz CT molecular complexity index is 1320. The summed E-state index contributed by atoms with van der Waals surface area (Å²) < 4.78 is 0. The van der Waals surface area contributed by atoms with Gasteiger partial charge in [-0.1, -0.05) is 36.4 Å². The number of thiocarbonyl (C=S) groups is 1. The highest BCUT2D eigenvalue weighted by Gasteiger charge is 2.10. The van der Waals surface area contributed by atoms with Crippen molar-refractivity contribution in [3.05, 3.63) is 82.8 Å². The summed E-state index contributed by atoms with van der Waals surface area (Å²) in [4.78, 5) is 17.0. The number of fused-ring (bicyclic) bond motifs is 1. The lowest BCUT2D eigenvalue weighted by atomic mass is 10.1. The summed E-state index contributed by atoms with van der Waals surface area (Å²) in [5.74, 6) is 0.972. The maximum absolute atomic E-state index is 5.60. The number of aromatic nitrogens is 3. The predicted octanol–water partition coefficient (Wildman–Crippen LogP) is 5.19. The summed E-state index contributed by atoms with van der Waals surface area (Å²) in [5.41, 5.74) is 7.33. The molecule has 0 aliphatic rings. The molecule has 2 aromatic heterocycles. The maximum atomic E-state index is 5.60. The van der Waals surface area contributed by atoms with Crippen LogP contribution < -0.4 is 16.0 Å². The number of rotatable bonds is 5. The van der Waals surface area contributed by atoms with Crippen LogP contribution in [0.25, 0.3) is 10.9 Å². The molecule has 0 saturated carbocycles. The van der Waals surface area contributed by atoms with Gasteiger partial charge in [0.2, 0.25) is 11.9 Å². The molecule has 34 heavy (non-hydrogen) atoms. The van der Waals surface area contributed by atoms with E-state index in [2.05, 4.69) is 69.0 Å². The van der Waals surface area contributed by atoms with E-state index >= 15 is 0 Å². The third kappa shape index (κ3) is 5.77. The Labute approximate surface area is 205 Å². The van der Waals surface area contributed by atoms with Gasteiger partial charge in [-0.25, -0.2) is 9.97 Å². The van der Waals surface area contributed by atoms with Crippen molar-refractivity contribution in [3.63, 3.8) is 0 Å².